The zero-order chi connectivity index (χ0) is 21.6. The Kier molecular flexibility index (Phi) is 8.46. The molecule has 0 heterocycles. The Morgan fingerprint density at radius 2 is 2.07 bits per heavy atom. The number of aliphatic hydroxyl groups excluding tert-OH is 1. The average Bonchev–Trinajstić information content (AvgIpc) is 2.64. The van der Waals surface area contributed by atoms with Gasteiger partial charge in [0.2, 0.25) is 0 Å². The Morgan fingerprint density at radius 1 is 1.34 bits per heavy atom. The van der Waals surface area contributed by atoms with E-state index >= 15 is 0 Å². The van der Waals surface area contributed by atoms with Crippen molar-refractivity contribution >= 4 is 34.9 Å². The molecule has 0 fully saturated rings. The van der Waals surface area contributed by atoms with Crippen molar-refractivity contribution in [3.8, 4) is 0 Å². The number of benzene rings is 1. The normalized spacial score (nSPS) is 18.3. The molecule has 1 atom stereocenters. The molecule has 1 aliphatic carbocycles. The number of aliphatic hydroxyl groups is 1. The summed E-state index contributed by atoms with van der Waals surface area (Å²) in [6.45, 7) is 3.97. The van der Waals surface area contributed by atoms with Crippen LogP contribution in [0.2, 0.25) is 5.02 Å². The summed E-state index contributed by atoms with van der Waals surface area (Å²) in [4.78, 5) is 18.0. The van der Waals surface area contributed by atoms with Crippen LogP contribution < -0.4 is 0 Å². The minimum absolute atomic E-state index is 0.00223. The first kappa shape index (κ1) is 23.6. The zero-order valence-electron chi connectivity index (χ0n) is 16.2. The molecule has 29 heavy (non-hydrogen) atoms. The molecule has 1 unspecified atom stereocenters. The first-order valence-electron chi connectivity index (χ1n) is 9.31. The van der Waals surface area contributed by atoms with Gasteiger partial charge in [-0.3, -0.25) is 4.79 Å². The number of thioether (sulfide) groups is 1. The molecule has 0 saturated heterocycles. The maximum Gasteiger partial charge on any atom is 0.417 e. The van der Waals surface area contributed by atoms with E-state index in [1.54, 1.807) is 13.0 Å². The molecule has 4 nitrogen and oxygen atoms in total. The van der Waals surface area contributed by atoms with Crippen molar-refractivity contribution in [1.29, 1.82) is 0 Å². The lowest BCUT2D eigenvalue weighted by Gasteiger charge is -2.23. The van der Waals surface area contributed by atoms with E-state index < -0.39 is 11.7 Å². The third-order valence-corrected chi connectivity index (χ3v) is 5.85. The molecule has 0 saturated carbocycles. The van der Waals surface area contributed by atoms with Crippen molar-refractivity contribution in [3.05, 3.63) is 40.1 Å². The lowest BCUT2D eigenvalue weighted by atomic mass is 9.83. The van der Waals surface area contributed by atoms with Gasteiger partial charge >= 0.3 is 6.18 Å². The standard InChI is InChI=1S/C20H23ClF3NO3S/c1-3-16(25-28-4-2)19-17(26)9-12(10-18(19)27)7-8-29-13-5-6-15(21)14(11-13)20(22,23)24/h5-6,11-12,26H,3-4,7-10H2,1-2H3/b25-16-. The Bertz CT molecular complexity index is 809. The van der Waals surface area contributed by atoms with Crippen LogP contribution in [0.15, 0.2) is 39.6 Å². The first-order valence-corrected chi connectivity index (χ1v) is 10.7. The van der Waals surface area contributed by atoms with Crippen molar-refractivity contribution in [2.24, 2.45) is 11.1 Å². The molecule has 0 bridgehead atoms. The Labute approximate surface area is 177 Å². The number of carbonyl (C=O) groups excluding carboxylic acids is 1. The summed E-state index contributed by atoms with van der Waals surface area (Å²) >= 11 is 6.90. The SMILES string of the molecule is CCO/N=C(/CC)C1=C(O)CC(CCSc2ccc(Cl)c(C(F)(F)F)c2)CC1=O. The molecule has 0 amide bonds. The molecular formula is C20H23ClF3NO3S. The monoisotopic (exact) mass is 449 g/mol. The molecule has 0 spiro atoms. The van der Waals surface area contributed by atoms with Gasteiger partial charge in [0.15, 0.2) is 5.78 Å². The van der Waals surface area contributed by atoms with Crippen LogP contribution in [0.1, 0.15) is 45.1 Å². The van der Waals surface area contributed by atoms with Crippen molar-refractivity contribution in [2.45, 2.75) is 50.6 Å². The highest BCUT2D eigenvalue weighted by Gasteiger charge is 2.33. The average molecular weight is 450 g/mol. The van der Waals surface area contributed by atoms with E-state index in [-0.39, 0.29) is 34.5 Å². The largest absolute Gasteiger partial charge is 0.511 e. The summed E-state index contributed by atoms with van der Waals surface area (Å²) in [7, 11) is 0. The van der Waals surface area contributed by atoms with E-state index in [1.807, 2.05) is 6.92 Å². The fourth-order valence-electron chi connectivity index (χ4n) is 3.09. The number of Topliss-reactive ketones (excluding diaryl/α,β-unsaturated/α-hetero) is 1. The van der Waals surface area contributed by atoms with Gasteiger partial charge in [-0.15, -0.1) is 11.8 Å². The molecule has 2 rings (SSSR count). The zero-order valence-corrected chi connectivity index (χ0v) is 17.8. The summed E-state index contributed by atoms with van der Waals surface area (Å²) in [5.74, 6) is 0.267. The third-order valence-electron chi connectivity index (χ3n) is 4.49. The number of ketones is 1. The van der Waals surface area contributed by atoms with Gasteiger partial charge in [-0.05, 0) is 49.6 Å². The fourth-order valence-corrected chi connectivity index (χ4v) is 4.37. The van der Waals surface area contributed by atoms with Gasteiger partial charge in [0.05, 0.1) is 21.9 Å². The van der Waals surface area contributed by atoms with Crippen LogP contribution >= 0.6 is 23.4 Å². The predicted molar refractivity (Wildman–Crippen MR) is 109 cm³/mol. The molecule has 0 radical (unpaired) electrons. The van der Waals surface area contributed by atoms with Crippen LogP contribution in [0.4, 0.5) is 13.2 Å². The smallest absolute Gasteiger partial charge is 0.417 e. The van der Waals surface area contributed by atoms with Crippen LogP contribution in [0.25, 0.3) is 0 Å². The fraction of sp³-hybridized carbons (Fsp3) is 0.500. The number of hydrogen-bond acceptors (Lipinski definition) is 5. The lowest BCUT2D eigenvalue weighted by Crippen LogP contribution is -2.25. The second kappa shape index (κ2) is 10.4. The Balaban J connectivity index is 1.99. The molecule has 0 aliphatic heterocycles. The number of hydrogen-bond donors (Lipinski definition) is 1. The van der Waals surface area contributed by atoms with Gasteiger partial charge in [0.1, 0.15) is 12.4 Å². The van der Waals surface area contributed by atoms with Gasteiger partial charge in [0, 0.05) is 17.7 Å². The van der Waals surface area contributed by atoms with Crippen LogP contribution in [0.5, 0.6) is 0 Å². The summed E-state index contributed by atoms with van der Waals surface area (Å²) in [5.41, 5.74) is -0.191. The number of alkyl halides is 3. The molecule has 1 aromatic rings. The highest BCUT2D eigenvalue weighted by molar-refractivity contribution is 7.99. The second-order valence-electron chi connectivity index (χ2n) is 6.61. The highest BCUT2D eigenvalue weighted by atomic mass is 35.5. The number of rotatable bonds is 8. The second-order valence-corrected chi connectivity index (χ2v) is 8.18. The van der Waals surface area contributed by atoms with Crippen molar-refractivity contribution in [1.82, 2.24) is 0 Å². The molecule has 0 aromatic heterocycles. The number of halogens is 4. The Hall–Kier alpha value is -1.67. The van der Waals surface area contributed by atoms with E-state index in [0.29, 0.717) is 42.2 Å². The number of carbonyl (C=O) groups is 1. The van der Waals surface area contributed by atoms with E-state index in [1.165, 1.54) is 17.8 Å². The van der Waals surface area contributed by atoms with Gasteiger partial charge in [-0.25, -0.2) is 0 Å². The Morgan fingerprint density at radius 3 is 2.66 bits per heavy atom. The third kappa shape index (κ3) is 6.40. The summed E-state index contributed by atoms with van der Waals surface area (Å²) in [5, 5.41) is 13.9. The van der Waals surface area contributed by atoms with E-state index in [2.05, 4.69) is 5.16 Å². The minimum Gasteiger partial charge on any atom is -0.511 e. The van der Waals surface area contributed by atoms with E-state index in [4.69, 9.17) is 16.4 Å². The molecule has 1 N–H and O–H groups in total. The number of allylic oxidation sites excluding steroid dienone is 2. The summed E-state index contributed by atoms with van der Waals surface area (Å²) < 4.78 is 38.9. The van der Waals surface area contributed by atoms with Gasteiger partial charge in [-0.1, -0.05) is 23.7 Å². The molecule has 1 aromatic carbocycles. The molecule has 9 heteroatoms. The van der Waals surface area contributed by atoms with Crippen molar-refractivity contribution in [3.63, 3.8) is 0 Å². The maximum atomic E-state index is 13.0. The maximum absolute atomic E-state index is 13.0. The van der Waals surface area contributed by atoms with Gasteiger partial charge < -0.3 is 9.94 Å². The number of nitrogens with zero attached hydrogens (tertiary/aromatic N) is 1. The highest BCUT2D eigenvalue weighted by Crippen LogP contribution is 2.38. The van der Waals surface area contributed by atoms with Crippen LogP contribution in [-0.4, -0.2) is 29.0 Å². The minimum atomic E-state index is -4.50. The van der Waals surface area contributed by atoms with Gasteiger partial charge in [-0.2, -0.15) is 13.2 Å². The predicted octanol–water partition coefficient (Wildman–Crippen LogP) is 6.43. The van der Waals surface area contributed by atoms with E-state index in [9.17, 15) is 23.1 Å². The topological polar surface area (TPSA) is 58.9 Å². The molecule has 1 aliphatic rings. The molecular weight excluding hydrogens is 427 g/mol. The van der Waals surface area contributed by atoms with Crippen LogP contribution in [0, 0.1) is 5.92 Å². The van der Waals surface area contributed by atoms with Crippen molar-refractivity contribution < 1.29 is 27.9 Å². The van der Waals surface area contributed by atoms with E-state index in [0.717, 1.165) is 6.07 Å². The molecule has 160 valence electrons. The van der Waals surface area contributed by atoms with Crippen LogP contribution in [0.3, 0.4) is 0 Å². The summed E-state index contributed by atoms with van der Waals surface area (Å²) in [6.07, 6.45) is -2.86. The van der Waals surface area contributed by atoms with Crippen LogP contribution in [-0.2, 0) is 15.8 Å². The van der Waals surface area contributed by atoms with Crippen molar-refractivity contribution in [2.75, 3.05) is 12.4 Å². The number of oxime groups is 1. The summed E-state index contributed by atoms with van der Waals surface area (Å²) in [6, 6.07) is 3.81. The quantitative estimate of drug-likeness (QED) is 0.282. The first-order chi connectivity index (χ1) is 13.7. The lowest BCUT2D eigenvalue weighted by molar-refractivity contribution is -0.137. The van der Waals surface area contributed by atoms with Gasteiger partial charge in [0.25, 0.3) is 0 Å².